The van der Waals surface area contributed by atoms with Crippen molar-refractivity contribution >= 4 is 10.0 Å². The minimum Gasteiger partial charge on any atom is -0.300 e. The number of rotatable bonds is 6. The van der Waals surface area contributed by atoms with E-state index in [2.05, 4.69) is 18.7 Å². The zero-order valence-corrected chi connectivity index (χ0v) is 13.8. The molecular weight excluding hydrogens is 284 g/mol. The van der Waals surface area contributed by atoms with Crippen LogP contribution in [0.5, 0.6) is 0 Å². The zero-order valence-electron chi connectivity index (χ0n) is 13.0. The van der Waals surface area contributed by atoms with Gasteiger partial charge >= 0.3 is 0 Å². The highest BCUT2D eigenvalue weighted by Crippen LogP contribution is 2.18. The Morgan fingerprint density at radius 3 is 2.10 bits per heavy atom. The van der Waals surface area contributed by atoms with Crippen LogP contribution in [0.1, 0.15) is 26.7 Å². The van der Waals surface area contributed by atoms with Crippen LogP contribution in [0.15, 0.2) is 35.2 Å². The molecule has 1 fully saturated rings. The maximum Gasteiger partial charge on any atom is 0.243 e. The zero-order chi connectivity index (χ0) is 15.3. The molecule has 4 nitrogen and oxygen atoms in total. The van der Waals surface area contributed by atoms with Crippen molar-refractivity contribution in [2.45, 2.75) is 31.6 Å². The molecule has 1 saturated heterocycles. The maximum absolute atomic E-state index is 12.5. The minimum atomic E-state index is -3.32. The quantitative estimate of drug-likeness (QED) is 0.810. The predicted molar refractivity (Wildman–Crippen MR) is 85.7 cm³/mol. The van der Waals surface area contributed by atoms with Crippen LogP contribution in [0, 0.1) is 5.92 Å². The number of piperazine rings is 1. The third kappa shape index (κ3) is 4.05. The van der Waals surface area contributed by atoms with Crippen molar-refractivity contribution < 1.29 is 8.42 Å². The minimum absolute atomic E-state index is 0.401. The summed E-state index contributed by atoms with van der Waals surface area (Å²) in [4.78, 5) is 2.80. The van der Waals surface area contributed by atoms with Crippen LogP contribution in [0.25, 0.3) is 0 Å². The molecule has 0 aromatic heterocycles. The second-order valence-corrected chi connectivity index (χ2v) is 7.64. The van der Waals surface area contributed by atoms with E-state index < -0.39 is 10.0 Å². The molecule has 5 heteroatoms. The Kier molecular flexibility index (Phi) is 5.79. The van der Waals surface area contributed by atoms with Gasteiger partial charge in [0.15, 0.2) is 0 Å². The molecule has 21 heavy (non-hydrogen) atoms. The van der Waals surface area contributed by atoms with E-state index in [1.807, 2.05) is 6.07 Å². The molecule has 0 bridgehead atoms. The summed E-state index contributed by atoms with van der Waals surface area (Å²) >= 11 is 0. The number of hydrogen-bond donors (Lipinski definition) is 0. The topological polar surface area (TPSA) is 40.6 Å². The molecule has 1 heterocycles. The van der Waals surface area contributed by atoms with Crippen LogP contribution >= 0.6 is 0 Å². The van der Waals surface area contributed by atoms with Gasteiger partial charge in [-0.1, -0.05) is 44.9 Å². The summed E-state index contributed by atoms with van der Waals surface area (Å²) in [6, 6.07) is 8.73. The third-order valence-electron chi connectivity index (χ3n) is 4.38. The molecule has 0 radical (unpaired) electrons. The highest BCUT2D eigenvalue weighted by Gasteiger charge is 2.28. The lowest BCUT2D eigenvalue weighted by atomic mass is 10.0. The summed E-state index contributed by atoms with van der Waals surface area (Å²) in [5.41, 5.74) is 0. The normalized spacial score (nSPS) is 18.2. The first-order valence-electron chi connectivity index (χ1n) is 7.85. The van der Waals surface area contributed by atoms with Gasteiger partial charge in [0.25, 0.3) is 0 Å². The van der Waals surface area contributed by atoms with E-state index in [1.165, 1.54) is 12.8 Å². The van der Waals surface area contributed by atoms with Crippen LogP contribution in [-0.2, 0) is 10.0 Å². The van der Waals surface area contributed by atoms with Gasteiger partial charge in [0, 0.05) is 32.7 Å². The molecule has 1 aliphatic rings. The molecule has 0 aliphatic carbocycles. The Morgan fingerprint density at radius 2 is 1.57 bits per heavy atom. The second kappa shape index (κ2) is 7.38. The predicted octanol–water partition coefficient (Wildman–Crippen LogP) is 2.43. The van der Waals surface area contributed by atoms with Gasteiger partial charge in [-0.25, -0.2) is 8.42 Å². The molecular formula is C16H26N2O2S. The van der Waals surface area contributed by atoms with Crippen molar-refractivity contribution in [3.8, 4) is 0 Å². The molecule has 1 aromatic carbocycles. The van der Waals surface area contributed by atoms with E-state index in [0.29, 0.717) is 18.0 Å². The molecule has 0 atom stereocenters. The standard InChI is InChI=1S/C16H26N2O2S/c1-3-15(4-2)14-17-10-12-18(13-11-17)21(19,20)16-8-6-5-7-9-16/h5-9,15H,3-4,10-14H2,1-2H3. The third-order valence-corrected chi connectivity index (χ3v) is 6.30. The lowest BCUT2D eigenvalue weighted by Gasteiger charge is -2.35. The summed E-state index contributed by atoms with van der Waals surface area (Å²) in [6.07, 6.45) is 2.39. The van der Waals surface area contributed by atoms with Crippen molar-refractivity contribution in [2.24, 2.45) is 5.92 Å². The van der Waals surface area contributed by atoms with Crippen molar-refractivity contribution in [2.75, 3.05) is 32.7 Å². The number of hydrogen-bond acceptors (Lipinski definition) is 3. The summed E-state index contributed by atoms with van der Waals surface area (Å²) in [6.45, 7) is 8.40. The fourth-order valence-corrected chi connectivity index (χ4v) is 4.25. The van der Waals surface area contributed by atoms with Crippen LogP contribution < -0.4 is 0 Å². The number of sulfonamides is 1. The van der Waals surface area contributed by atoms with E-state index in [9.17, 15) is 8.42 Å². The summed E-state index contributed by atoms with van der Waals surface area (Å²) in [5.74, 6) is 0.724. The Hall–Kier alpha value is -0.910. The van der Waals surface area contributed by atoms with Crippen molar-refractivity contribution in [1.82, 2.24) is 9.21 Å². The SMILES string of the molecule is CCC(CC)CN1CCN(S(=O)(=O)c2ccccc2)CC1. The molecule has 118 valence electrons. The smallest absolute Gasteiger partial charge is 0.243 e. The average molecular weight is 310 g/mol. The Labute approximate surface area is 128 Å². The van der Waals surface area contributed by atoms with Gasteiger partial charge in [-0.2, -0.15) is 4.31 Å². The highest BCUT2D eigenvalue weighted by molar-refractivity contribution is 7.89. The summed E-state index contributed by atoms with van der Waals surface area (Å²) < 4.78 is 26.7. The lowest BCUT2D eigenvalue weighted by Crippen LogP contribution is -2.49. The maximum atomic E-state index is 12.5. The largest absolute Gasteiger partial charge is 0.300 e. The lowest BCUT2D eigenvalue weighted by molar-refractivity contribution is 0.161. The van der Waals surface area contributed by atoms with Gasteiger partial charge in [-0.3, -0.25) is 0 Å². The molecule has 1 aromatic rings. The molecule has 0 N–H and O–H groups in total. The molecule has 0 saturated carbocycles. The average Bonchev–Trinajstić information content (AvgIpc) is 2.54. The molecule has 0 amide bonds. The fourth-order valence-electron chi connectivity index (χ4n) is 2.81. The molecule has 1 aliphatic heterocycles. The van der Waals surface area contributed by atoms with E-state index >= 15 is 0 Å². The number of benzene rings is 1. The van der Waals surface area contributed by atoms with Crippen molar-refractivity contribution in [3.63, 3.8) is 0 Å². The second-order valence-electron chi connectivity index (χ2n) is 5.70. The van der Waals surface area contributed by atoms with E-state index in [0.717, 1.165) is 25.6 Å². The fraction of sp³-hybridized carbons (Fsp3) is 0.625. The van der Waals surface area contributed by atoms with Gasteiger partial charge in [0.2, 0.25) is 10.0 Å². The van der Waals surface area contributed by atoms with Gasteiger partial charge in [-0.05, 0) is 18.1 Å². The first kappa shape index (κ1) is 16.5. The number of nitrogens with zero attached hydrogens (tertiary/aromatic N) is 2. The molecule has 0 spiro atoms. The van der Waals surface area contributed by atoms with Crippen LogP contribution in [-0.4, -0.2) is 50.3 Å². The first-order valence-corrected chi connectivity index (χ1v) is 9.29. The van der Waals surface area contributed by atoms with Crippen molar-refractivity contribution in [1.29, 1.82) is 0 Å². The monoisotopic (exact) mass is 310 g/mol. The summed E-state index contributed by atoms with van der Waals surface area (Å²) in [5, 5.41) is 0. The first-order chi connectivity index (χ1) is 10.1. The van der Waals surface area contributed by atoms with Crippen LogP contribution in [0.3, 0.4) is 0 Å². The van der Waals surface area contributed by atoms with Gasteiger partial charge in [0.1, 0.15) is 0 Å². The molecule has 2 rings (SSSR count). The van der Waals surface area contributed by atoms with Crippen LogP contribution in [0.2, 0.25) is 0 Å². The Balaban J connectivity index is 1.95. The van der Waals surface area contributed by atoms with Gasteiger partial charge in [0.05, 0.1) is 4.90 Å². The van der Waals surface area contributed by atoms with Crippen LogP contribution in [0.4, 0.5) is 0 Å². The van der Waals surface area contributed by atoms with Gasteiger partial charge in [-0.15, -0.1) is 0 Å². The van der Waals surface area contributed by atoms with E-state index in [4.69, 9.17) is 0 Å². The highest BCUT2D eigenvalue weighted by atomic mass is 32.2. The Morgan fingerprint density at radius 1 is 1.00 bits per heavy atom. The van der Waals surface area contributed by atoms with Crippen molar-refractivity contribution in [3.05, 3.63) is 30.3 Å². The van der Waals surface area contributed by atoms with E-state index in [-0.39, 0.29) is 0 Å². The Bertz CT molecular complexity index is 518. The van der Waals surface area contributed by atoms with Gasteiger partial charge < -0.3 is 4.90 Å². The van der Waals surface area contributed by atoms with E-state index in [1.54, 1.807) is 28.6 Å². The molecule has 0 unspecified atom stereocenters. The summed E-state index contributed by atoms with van der Waals surface area (Å²) in [7, 11) is -3.32.